The van der Waals surface area contributed by atoms with Crippen LogP contribution >= 0.6 is 0 Å². The molecule has 1 aromatic carbocycles. The number of esters is 1. The van der Waals surface area contributed by atoms with E-state index >= 15 is 0 Å². The maximum absolute atomic E-state index is 11.6. The topological polar surface area (TPSA) is 59.3 Å². The molecule has 20 heavy (non-hydrogen) atoms. The first-order valence-corrected chi connectivity index (χ1v) is 9.99. The lowest BCUT2D eigenvalue weighted by molar-refractivity contribution is -0.135. The molecular weight excluding hydrogens is 270 g/mol. The van der Waals surface area contributed by atoms with Gasteiger partial charge >= 0.3 is 5.97 Å². The average Bonchev–Trinajstić information content (AvgIpc) is 2.41. The Kier molecular flexibility index (Phi) is 5.53. The van der Waals surface area contributed by atoms with E-state index in [9.17, 15) is 4.79 Å². The molecular formula is C15H19NO3Si. The maximum Gasteiger partial charge on any atom is 0.330 e. The maximum atomic E-state index is 11.6. The van der Waals surface area contributed by atoms with E-state index in [0.29, 0.717) is 23.1 Å². The highest BCUT2D eigenvalue weighted by atomic mass is 28.3. The summed E-state index contributed by atoms with van der Waals surface area (Å²) in [5.74, 6) is 0.229. The van der Waals surface area contributed by atoms with E-state index in [1.807, 2.05) is 0 Å². The van der Waals surface area contributed by atoms with Gasteiger partial charge in [-0.05, 0) is 29.8 Å². The van der Waals surface area contributed by atoms with E-state index in [1.165, 1.54) is 6.08 Å². The molecule has 0 saturated heterocycles. The number of ether oxygens (including phenoxy) is 2. The van der Waals surface area contributed by atoms with Crippen molar-refractivity contribution < 1.29 is 14.3 Å². The molecule has 0 aromatic heterocycles. The zero-order valence-electron chi connectivity index (χ0n) is 12.3. The molecule has 5 heteroatoms. The van der Waals surface area contributed by atoms with E-state index in [2.05, 4.69) is 25.7 Å². The molecule has 0 aliphatic rings. The van der Waals surface area contributed by atoms with Gasteiger partial charge in [0.05, 0.1) is 33.0 Å². The second kappa shape index (κ2) is 6.92. The third kappa shape index (κ3) is 5.29. The van der Waals surface area contributed by atoms with Crippen LogP contribution in [-0.4, -0.2) is 27.4 Å². The summed E-state index contributed by atoms with van der Waals surface area (Å²) in [5, 5.41) is 9.06. The minimum Gasteiger partial charge on any atom is -0.497 e. The van der Waals surface area contributed by atoms with E-state index in [4.69, 9.17) is 14.7 Å². The summed E-state index contributed by atoms with van der Waals surface area (Å²) in [6.45, 7) is 6.38. The number of methoxy groups -OCH3 is 1. The van der Waals surface area contributed by atoms with Gasteiger partial charge in [0.25, 0.3) is 0 Å². The largest absolute Gasteiger partial charge is 0.497 e. The van der Waals surface area contributed by atoms with Crippen molar-refractivity contribution >= 4 is 20.1 Å². The zero-order valence-corrected chi connectivity index (χ0v) is 13.3. The highest BCUT2D eigenvalue weighted by Crippen LogP contribution is 2.18. The van der Waals surface area contributed by atoms with Crippen molar-refractivity contribution in [3.05, 3.63) is 35.4 Å². The molecule has 0 radical (unpaired) electrons. The predicted molar refractivity (Wildman–Crippen MR) is 81.0 cm³/mol. The van der Waals surface area contributed by atoms with E-state index in [1.54, 1.807) is 31.4 Å². The molecule has 0 amide bonds. The number of rotatable bonds is 5. The fraction of sp³-hybridized carbons (Fsp3) is 0.333. The molecule has 0 atom stereocenters. The number of carbonyl (C=O) groups excluding carboxylic acids is 1. The normalized spacial score (nSPS) is 11.2. The van der Waals surface area contributed by atoms with Crippen LogP contribution in [-0.2, 0) is 9.53 Å². The van der Waals surface area contributed by atoms with Crippen LogP contribution in [0.2, 0.25) is 19.6 Å². The fourth-order valence-corrected chi connectivity index (χ4v) is 1.97. The van der Waals surface area contributed by atoms with Crippen molar-refractivity contribution in [2.24, 2.45) is 0 Å². The molecule has 0 aliphatic heterocycles. The van der Waals surface area contributed by atoms with Crippen LogP contribution in [0.3, 0.4) is 0 Å². The number of hydrogen-bond acceptors (Lipinski definition) is 4. The summed E-state index contributed by atoms with van der Waals surface area (Å²) < 4.78 is 10.2. The fourth-order valence-electron chi connectivity index (χ4n) is 1.40. The minimum absolute atomic E-state index is 0.382. The molecule has 1 aromatic rings. The number of hydrogen-bond donors (Lipinski definition) is 0. The van der Waals surface area contributed by atoms with Gasteiger partial charge in [-0.2, -0.15) is 5.26 Å². The summed E-state index contributed by atoms with van der Waals surface area (Å²) in [4.78, 5) is 11.6. The summed E-state index contributed by atoms with van der Waals surface area (Å²) in [6, 6.07) is 7.19. The Labute approximate surface area is 120 Å². The molecule has 0 saturated carbocycles. The van der Waals surface area contributed by atoms with Crippen LogP contribution in [0.4, 0.5) is 0 Å². The van der Waals surface area contributed by atoms with E-state index < -0.39 is 8.07 Å². The van der Waals surface area contributed by atoms with Gasteiger partial charge in [0.15, 0.2) is 0 Å². The van der Waals surface area contributed by atoms with Crippen LogP contribution in [0.25, 0.3) is 6.08 Å². The molecule has 0 fully saturated rings. The Balaban J connectivity index is 2.75. The first-order chi connectivity index (χ1) is 9.35. The van der Waals surface area contributed by atoms with Crippen LogP contribution < -0.4 is 4.74 Å². The Bertz CT molecular complexity index is 553. The second-order valence-electron chi connectivity index (χ2n) is 5.57. The van der Waals surface area contributed by atoms with Crippen molar-refractivity contribution in [3.8, 4) is 11.8 Å². The smallest absolute Gasteiger partial charge is 0.330 e. The molecule has 0 N–H and O–H groups in total. The first kappa shape index (κ1) is 16.0. The lowest BCUT2D eigenvalue weighted by atomic mass is 10.1. The van der Waals surface area contributed by atoms with Crippen molar-refractivity contribution in [1.82, 2.24) is 0 Å². The SMILES string of the molecule is COc1ccc(/C=C/C(=O)OC[Si](C)(C)C)c(C#N)c1. The standard InChI is InChI=1S/C15H19NO3Si/c1-18-14-7-5-12(13(9-14)10-16)6-8-15(17)19-11-20(2,3)4/h5-9H,11H2,1-4H3/b8-6+. The molecule has 106 valence electrons. The molecule has 1 rings (SSSR count). The van der Waals surface area contributed by atoms with E-state index in [0.717, 1.165) is 0 Å². The van der Waals surface area contributed by atoms with Crippen molar-refractivity contribution in [2.75, 3.05) is 13.3 Å². The Morgan fingerprint density at radius 1 is 1.40 bits per heavy atom. The third-order valence-corrected chi connectivity index (χ3v) is 3.44. The van der Waals surface area contributed by atoms with E-state index in [-0.39, 0.29) is 5.97 Å². The lowest BCUT2D eigenvalue weighted by Crippen LogP contribution is -2.29. The van der Waals surface area contributed by atoms with Gasteiger partial charge in [0.2, 0.25) is 0 Å². The minimum atomic E-state index is -1.40. The molecule has 0 heterocycles. The summed E-state index contributed by atoms with van der Waals surface area (Å²) in [5.41, 5.74) is 1.12. The van der Waals surface area contributed by atoms with Gasteiger partial charge in [-0.3, -0.25) is 0 Å². The zero-order chi connectivity index (χ0) is 15.2. The summed E-state index contributed by atoms with van der Waals surface area (Å²) >= 11 is 0. The summed E-state index contributed by atoms with van der Waals surface area (Å²) in [7, 11) is 0.137. The van der Waals surface area contributed by atoms with Crippen molar-refractivity contribution in [3.63, 3.8) is 0 Å². The molecule has 0 aliphatic carbocycles. The molecule has 0 bridgehead atoms. The Hall–Kier alpha value is -2.06. The van der Waals surface area contributed by atoms with Gasteiger partial charge < -0.3 is 9.47 Å². The highest BCUT2D eigenvalue weighted by molar-refractivity contribution is 6.76. The van der Waals surface area contributed by atoms with Gasteiger partial charge in [-0.15, -0.1) is 0 Å². The number of carbonyl (C=O) groups is 1. The Morgan fingerprint density at radius 3 is 2.65 bits per heavy atom. The third-order valence-electron chi connectivity index (χ3n) is 2.43. The van der Waals surface area contributed by atoms with Crippen LogP contribution in [0.5, 0.6) is 5.75 Å². The average molecular weight is 289 g/mol. The predicted octanol–water partition coefficient (Wildman–Crippen LogP) is 3.00. The Morgan fingerprint density at radius 2 is 2.10 bits per heavy atom. The van der Waals surface area contributed by atoms with Gasteiger partial charge in [-0.1, -0.05) is 19.6 Å². The van der Waals surface area contributed by atoms with Crippen LogP contribution in [0, 0.1) is 11.3 Å². The van der Waals surface area contributed by atoms with Gasteiger partial charge in [0.1, 0.15) is 5.75 Å². The van der Waals surface area contributed by atoms with Crippen LogP contribution in [0.15, 0.2) is 24.3 Å². The highest BCUT2D eigenvalue weighted by Gasteiger charge is 2.15. The summed E-state index contributed by atoms with van der Waals surface area (Å²) in [6.07, 6.45) is 3.43. The first-order valence-electron chi connectivity index (χ1n) is 6.29. The second-order valence-corrected chi connectivity index (χ2v) is 11.0. The van der Waals surface area contributed by atoms with Crippen LogP contribution in [0.1, 0.15) is 11.1 Å². The number of nitriles is 1. The molecule has 0 unspecified atom stereocenters. The van der Waals surface area contributed by atoms with Gasteiger partial charge in [-0.25, -0.2) is 4.79 Å². The molecule has 4 nitrogen and oxygen atoms in total. The van der Waals surface area contributed by atoms with Crippen molar-refractivity contribution in [2.45, 2.75) is 19.6 Å². The van der Waals surface area contributed by atoms with Gasteiger partial charge in [0, 0.05) is 6.08 Å². The van der Waals surface area contributed by atoms with Crippen molar-refractivity contribution in [1.29, 1.82) is 5.26 Å². The quantitative estimate of drug-likeness (QED) is 0.475. The lowest BCUT2D eigenvalue weighted by Gasteiger charge is -2.14. The number of nitrogens with zero attached hydrogens (tertiary/aromatic N) is 1. The molecule has 0 spiro atoms. The monoisotopic (exact) mass is 289 g/mol. The number of benzene rings is 1.